The van der Waals surface area contributed by atoms with Gasteiger partial charge in [-0.05, 0) is 31.2 Å². The highest BCUT2D eigenvalue weighted by Crippen LogP contribution is 2.27. The molecule has 1 amide bonds. The smallest absolute Gasteiger partial charge is 0.259 e. The van der Waals surface area contributed by atoms with Crippen LogP contribution < -0.4 is 10.5 Å². The number of nitrogen functional groups attached to an aromatic ring is 1. The van der Waals surface area contributed by atoms with Gasteiger partial charge in [0.25, 0.3) is 5.91 Å². The summed E-state index contributed by atoms with van der Waals surface area (Å²) in [7, 11) is 1.73. The number of thiophene rings is 1. The molecule has 0 atom stereocenters. The molecule has 1 aromatic heterocycles. The van der Waals surface area contributed by atoms with Crippen molar-refractivity contribution in [2.24, 2.45) is 0 Å². The van der Waals surface area contributed by atoms with E-state index in [9.17, 15) is 4.79 Å². The zero-order valence-electron chi connectivity index (χ0n) is 11.9. The minimum absolute atomic E-state index is 0.166. The van der Waals surface area contributed by atoms with Gasteiger partial charge in [0, 0.05) is 17.6 Å². The summed E-state index contributed by atoms with van der Waals surface area (Å²) >= 11 is 7.36. The molecule has 0 aliphatic carbocycles. The van der Waals surface area contributed by atoms with Crippen LogP contribution in [0.15, 0.2) is 30.3 Å². The number of anilines is 1. The van der Waals surface area contributed by atoms with Crippen molar-refractivity contribution < 1.29 is 9.53 Å². The number of nitrogens with zero attached hydrogens (tertiary/aromatic N) is 1. The number of carbonyl (C=O) groups is 1. The fraction of sp³-hybridized carbons (Fsp3) is 0.267. The molecule has 1 heterocycles. The molecular weight excluding hydrogens is 308 g/mol. The maximum Gasteiger partial charge on any atom is 0.259 e. The summed E-state index contributed by atoms with van der Waals surface area (Å²) < 4.78 is 6.21. The van der Waals surface area contributed by atoms with Gasteiger partial charge in [-0.15, -0.1) is 11.3 Å². The van der Waals surface area contributed by atoms with Crippen LogP contribution in [-0.4, -0.2) is 24.5 Å². The molecule has 2 N–H and O–H groups in total. The highest BCUT2D eigenvalue weighted by atomic mass is 35.5. The fourth-order valence-electron chi connectivity index (χ4n) is 1.99. The molecule has 0 fully saturated rings. The van der Waals surface area contributed by atoms with Crippen molar-refractivity contribution in [3.63, 3.8) is 0 Å². The Hall–Kier alpha value is -1.72. The van der Waals surface area contributed by atoms with Crippen LogP contribution in [0.25, 0.3) is 0 Å². The molecule has 0 aliphatic heterocycles. The van der Waals surface area contributed by atoms with E-state index >= 15 is 0 Å². The molecule has 6 heteroatoms. The molecule has 4 nitrogen and oxygen atoms in total. The lowest BCUT2D eigenvalue weighted by molar-refractivity contribution is 0.0783. The lowest BCUT2D eigenvalue weighted by Crippen LogP contribution is -2.27. The van der Waals surface area contributed by atoms with Crippen LogP contribution in [0.1, 0.15) is 22.2 Å². The topological polar surface area (TPSA) is 55.6 Å². The Morgan fingerprint density at radius 2 is 2.14 bits per heavy atom. The van der Waals surface area contributed by atoms with Gasteiger partial charge in [-0.1, -0.05) is 17.7 Å². The summed E-state index contributed by atoms with van der Waals surface area (Å²) in [6.07, 6.45) is 0. The summed E-state index contributed by atoms with van der Waals surface area (Å²) in [4.78, 5) is 15.2. The van der Waals surface area contributed by atoms with Gasteiger partial charge in [-0.3, -0.25) is 4.79 Å². The summed E-state index contributed by atoms with van der Waals surface area (Å²) in [5.41, 5.74) is 6.77. The average molecular weight is 325 g/mol. The second-order valence-electron chi connectivity index (χ2n) is 4.52. The summed E-state index contributed by atoms with van der Waals surface area (Å²) in [5, 5.41) is 0. The van der Waals surface area contributed by atoms with Gasteiger partial charge < -0.3 is 15.4 Å². The molecule has 0 aliphatic rings. The average Bonchev–Trinajstić information content (AvgIpc) is 2.84. The number of nitrogens with two attached hydrogens (primary N) is 1. The van der Waals surface area contributed by atoms with Crippen LogP contribution in [0.5, 0.6) is 5.75 Å². The Morgan fingerprint density at radius 1 is 1.38 bits per heavy atom. The molecular formula is C15H17ClN2O2S. The number of carbonyl (C=O) groups excluding carboxylic acids is 1. The maximum absolute atomic E-state index is 12.6. The van der Waals surface area contributed by atoms with Gasteiger partial charge in [0.15, 0.2) is 0 Å². The van der Waals surface area contributed by atoms with Gasteiger partial charge >= 0.3 is 0 Å². The first-order chi connectivity index (χ1) is 10.0. The number of amides is 1. The molecule has 2 rings (SSSR count). The van der Waals surface area contributed by atoms with Crippen LogP contribution in [0.3, 0.4) is 0 Å². The van der Waals surface area contributed by atoms with Crippen molar-refractivity contribution in [2.45, 2.75) is 13.5 Å². The van der Waals surface area contributed by atoms with Crippen LogP contribution in [0.2, 0.25) is 4.34 Å². The number of hydrogen-bond donors (Lipinski definition) is 1. The van der Waals surface area contributed by atoms with Gasteiger partial charge in [0.05, 0.1) is 17.5 Å². The fourth-order valence-corrected chi connectivity index (χ4v) is 3.13. The second kappa shape index (κ2) is 6.83. The van der Waals surface area contributed by atoms with Gasteiger partial charge in [-0.2, -0.15) is 0 Å². The largest absolute Gasteiger partial charge is 0.493 e. The van der Waals surface area contributed by atoms with Gasteiger partial charge in [0.2, 0.25) is 0 Å². The molecule has 112 valence electrons. The molecule has 0 bridgehead atoms. The molecule has 21 heavy (non-hydrogen) atoms. The van der Waals surface area contributed by atoms with Crippen LogP contribution in [0, 0.1) is 0 Å². The Labute approximate surface area is 133 Å². The van der Waals surface area contributed by atoms with E-state index in [1.165, 1.54) is 11.3 Å². The molecule has 0 saturated carbocycles. The summed E-state index contributed by atoms with van der Waals surface area (Å²) in [6.45, 7) is 2.83. The van der Waals surface area contributed by atoms with E-state index in [2.05, 4.69) is 0 Å². The second-order valence-corrected chi connectivity index (χ2v) is 6.32. The quantitative estimate of drug-likeness (QED) is 0.854. The van der Waals surface area contributed by atoms with Crippen molar-refractivity contribution in [1.82, 2.24) is 4.90 Å². The SMILES string of the molecule is CCOc1cccc(N)c1C(=O)N(C)Cc1ccc(Cl)s1. The molecule has 0 saturated heterocycles. The van der Waals surface area contributed by atoms with Crippen molar-refractivity contribution in [2.75, 3.05) is 19.4 Å². The third kappa shape index (κ3) is 3.68. The molecule has 2 aromatic rings. The zero-order valence-corrected chi connectivity index (χ0v) is 13.5. The summed E-state index contributed by atoms with van der Waals surface area (Å²) in [6, 6.07) is 8.96. The van der Waals surface area contributed by atoms with E-state index in [0.717, 1.165) is 4.88 Å². The minimum atomic E-state index is -0.166. The number of halogens is 1. The van der Waals surface area contributed by atoms with E-state index in [4.69, 9.17) is 22.1 Å². The monoisotopic (exact) mass is 324 g/mol. The lowest BCUT2D eigenvalue weighted by Gasteiger charge is -2.19. The highest BCUT2D eigenvalue weighted by Gasteiger charge is 2.20. The predicted octanol–water partition coefficient (Wildman–Crippen LogP) is 3.65. The number of ether oxygens (including phenoxy) is 1. The van der Waals surface area contributed by atoms with E-state index in [1.54, 1.807) is 30.1 Å². The molecule has 1 aromatic carbocycles. The summed E-state index contributed by atoms with van der Waals surface area (Å²) in [5.74, 6) is 0.347. The molecule has 0 unspecified atom stereocenters. The first kappa shape index (κ1) is 15.7. The number of benzene rings is 1. The van der Waals surface area contributed by atoms with E-state index in [0.29, 0.717) is 34.5 Å². The van der Waals surface area contributed by atoms with Crippen molar-refractivity contribution in [3.8, 4) is 5.75 Å². The van der Waals surface area contributed by atoms with Crippen molar-refractivity contribution in [1.29, 1.82) is 0 Å². The third-order valence-electron chi connectivity index (χ3n) is 2.94. The Bertz CT molecular complexity index is 642. The normalized spacial score (nSPS) is 10.4. The predicted molar refractivity (Wildman–Crippen MR) is 87.1 cm³/mol. The minimum Gasteiger partial charge on any atom is -0.493 e. The number of hydrogen-bond acceptors (Lipinski definition) is 4. The zero-order chi connectivity index (χ0) is 15.4. The van der Waals surface area contributed by atoms with E-state index in [-0.39, 0.29) is 5.91 Å². The van der Waals surface area contributed by atoms with Crippen molar-refractivity contribution in [3.05, 3.63) is 45.1 Å². The highest BCUT2D eigenvalue weighted by molar-refractivity contribution is 7.16. The van der Waals surface area contributed by atoms with Crippen LogP contribution in [0.4, 0.5) is 5.69 Å². The lowest BCUT2D eigenvalue weighted by atomic mass is 10.1. The molecule has 0 radical (unpaired) electrons. The Kier molecular flexibility index (Phi) is 5.09. The van der Waals surface area contributed by atoms with E-state index in [1.807, 2.05) is 19.1 Å². The Balaban J connectivity index is 2.22. The third-order valence-corrected chi connectivity index (χ3v) is 4.16. The first-order valence-electron chi connectivity index (χ1n) is 6.54. The maximum atomic E-state index is 12.6. The molecule has 0 spiro atoms. The van der Waals surface area contributed by atoms with Crippen molar-refractivity contribution >= 4 is 34.5 Å². The van der Waals surface area contributed by atoms with E-state index < -0.39 is 0 Å². The Morgan fingerprint density at radius 3 is 2.76 bits per heavy atom. The number of rotatable bonds is 5. The van der Waals surface area contributed by atoms with Gasteiger partial charge in [-0.25, -0.2) is 0 Å². The van der Waals surface area contributed by atoms with Crippen LogP contribution >= 0.6 is 22.9 Å². The van der Waals surface area contributed by atoms with Crippen LogP contribution in [-0.2, 0) is 6.54 Å². The van der Waals surface area contributed by atoms with Gasteiger partial charge in [0.1, 0.15) is 11.3 Å². The first-order valence-corrected chi connectivity index (χ1v) is 7.73. The standard InChI is InChI=1S/C15H17ClN2O2S/c1-3-20-12-6-4-5-11(17)14(12)15(19)18(2)9-10-7-8-13(16)21-10/h4-8H,3,9,17H2,1-2H3.